The number of amides is 1. The molecular weight excluding hydrogens is 314 g/mol. The minimum Gasteiger partial charge on any atom is -0.352 e. The van der Waals surface area contributed by atoms with E-state index in [1.165, 1.54) is 18.5 Å². The van der Waals surface area contributed by atoms with Crippen molar-refractivity contribution in [3.63, 3.8) is 0 Å². The number of rotatable bonds is 7. The highest BCUT2D eigenvalue weighted by Crippen LogP contribution is 2.39. The van der Waals surface area contributed by atoms with E-state index in [1.54, 1.807) is 12.4 Å². The molecule has 0 radical (unpaired) electrons. The lowest BCUT2D eigenvalue weighted by atomic mass is 10.2. The third-order valence-corrected chi connectivity index (χ3v) is 4.44. The number of nitrogens with one attached hydrogen (secondary N) is 2. The molecule has 0 atom stereocenters. The van der Waals surface area contributed by atoms with Crippen LogP contribution in [0.3, 0.4) is 0 Å². The molecule has 6 heteroatoms. The molecule has 1 aliphatic rings. The number of benzene rings is 1. The molecule has 1 fully saturated rings. The van der Waals surface area contributed by atoms with Crippen molar-refractivity contribution in [1.29, 1.82) is 0 Å². The number of carbonyl (C=O) groups excluding carboxylic acids is 1. The quantitative estimate of drug-likeness (QED) is 0.697. The first-order valence-electron chi connectivity index (χ1n) is 8.68. The predicted octanol–water partition coefficient (Wildman–Crippen LogP) is 2.72. The van der Waals surface area contributed by atoms with Crippen LogP contribution in [0.5, 0.6) is 0 Å². The second-order valence-electron chi connectivity index (χ2n) is 6.44. The minimum absolute atomic E-state index is 0.0293. The van der Waals surface area contributed by atoms with Gasteiger partial charge in [-0.1, -0.05) is 12.1 Å². The number of hydrogen-bond donors (Lipinski definition) is 2. The summed E-state index contributed by atoms with van der Waals surface area (Å²) >= 11 is 0. The normalized spacial score (nSPS) is 13.8. The molecule has 1 saturated carbocycles. The highest BCUT2D eigenvalue weighted by molar-refractivity contribution is 5.76. The molecule has 1 aliphatic carbocycles. The molecule has 25 heavy (non-hydrogen) atoms. The summed E-state index contributed by atoms with van der Waals surface area (Å²) in [5.41, 5.74) is 3.30. The van der Waals surface area contributed by atoms with Crippen LogP contribution in [0.15, 0.2) is 48.9 Å². The Morgan fingerprint density at radius 2 is 2.08 bits per heavy atom. The lowest BCUT2D eigenvalue weighted by Gasteiger charge is -2.06. The first-order valence-corrected chi connectivity index (χ1v) is 8.68. The summed E-state index contributed by atoms with van der Waals surface area (Å²) in [5, 5.41) is 7.58. The molecular formula is C19H21N5O. The molecule has 1 aromatic carbocycles. The summed E-state index contributed by atoms with van der Waals surface area (Å²) in [6.45, 7) is 0.531. The van der Waals surface area contributed by atoms with E-state index in [9.17, 15) is 4.79 Å². The zero-order chi connectivity index (χ0) is 17.1. The molecule has 0 bridgehead atoms. The topological polar surface area (TPSA) is 75.6 Å². The predicted molar refractivity (Wildman–Crippen MR) is 94.3 cm³/mol. The van der Waals surface area contributed by atoms with Crippen molar-refractivity contribution < 1.29 is 4.79 Å². The Bertz CT molecular complexity index is 831. The number of aromatic amines is 1. The molecule has 0 spiro atoms. The number of carbonyl (C=O) groups is 1. The van der Waals surface area contributed by atoms with Crippen molar-refractivity contribution in [2.24, 2.45) is 0 Å². The van der Waals surface area contributed by atoms with Gasteiger partial charge in [-0.2, -0.15) is 5.10 Å². The molecule has 6 nitrogen and oxygen atoms in total. The van der Waals surface area contributed by atoms with E-state index in [0.717, 1.165) is 17.1 Å². The standard InChI is InChI=1S/C19H21N5O/c25-19(8-7-18-20-10-11-21-18)22-13-14-1-5-16(6-2-14)24-12-9-17(23-24)15-3-4-15/h1-2,5-6,9-12,15H,3-4,7-8,13H2,(H,20,21)(H,22,25). The first kappa shape index (κ1) is 15.6. The Labute approximate surface area is 146 Å². The molecule has 2 heterocycles. The number of imidazole rings is 1. The van der Waals surface area contributed by atoms with Crippen molar-refractivity contribution in [3.05, 3.63) is 66.0 Å². The van der Waals surface area contributed by atoms with Crippen LogP contribution < -0.4 is 5.32 Å². The zero-order valence-corrected chi connectivity index (χ0v) is 14.0. The number of nitrogens with zero attached hydrogens (tertiary/aromatic N) is 3. The first-order chi connectivity index (χ1) is 12.3. The van der Waals surface area contributed by atoms with E-state index in [4.69, 9.17) is 0 Å². The van der Waals surface area contributed by atoms with Crippen molar-refractivity contribution >= 4 is 5.91 Å². The Morgan fingerprint density at radius 1 is 1.24 bits per heavy atom. The zero-order valence-electron chi connectivity index (χ0n) is 14.0. The monoisotopic (exact) mass is 335 g/mol. The van der Waals surface area contributed by atoms with Crippen molar-refractivity contribution in [1.82, 2.24) is 25.1 Å². The fourth-order valence-corrected chi connectivity index (χ4v) is 2.80. The van der Waals surface area contributed by atoms with Crippen LogP contribution in [0.1, 0.15) is 42.3 Å². The van der Waals surface area contributed by atoms with Gasteiger partial charge in [-0.15, -0.1) is 0 Å². The van der Waals surface area contributed by atoms with Crippen molar-refractivity contribution in [2.75, 3.05) is 0 Å². The van der Waals surface area contributed by atoms with Crippen LogP contribution in [0.4, 0.5) is 0 Å². The summed E-state index contributed by atoms with van der Waals surface area (Å²) < 4.78 is 1.92. The highest BCUT2D eigenvalue weighted by atomic mass is 16.1. The Kier molecular flexibility index (Phi) is 4.33. The number of hydrogen-bond acceptors (Lipinski definition) is 3. The average molecular weight is 335 g/mol. The van der Waals surface area contributed by atoms with Gasteiger partial charge in [-0.3, -0.25) is 4.79 Å². The second kappa shape index (κ2) is 6.93. The molecule has 2 aromatic heterocycles. The summed E-state index contributed by atoms with van der Waals surface area (Å²) in [7, 11) is 0. The van der Waals surface area contributed by atoms with Crippen LogP contribution >= 0.6 is 0 Å². The maximum atomic E-state index is 11.9. The van der Waals surface area contributed by atoms with Crippen LogP contribution in [-0.4, -0.2) is 25.7 Å². The van der Waals surface area contributed by atoms with E-state index in [1.807, 2.05) is 35.1 Å². The maximum Gasteiger partial charge on any atom is 0.220 e. The smallest absolute Gasteiger partial charge is 0.220 e. The molecule has 2 N–H and O–H groups in total. The van der Waals surface area contributed by atoms with E-state index in [0.29, 0.717) is 25.3 Å². The van der Waals surface area contributed by atoms with Crippen LogP contribution in [-0.2, 0) is 17.8 Å². The fourth-order valence-electron chi connectivity index (χ4n) is 2.80. The van der Waals surface area contributed by atoms with Gasteiger partial charge in [-0.05, 0) is 36.6 Å². The molecule has 128 valence electrons. The van der Waals surface area contributed by atoms with E-state index >= 15 is 0 Å². The Balaban J connectivity index is 1.28. The fraction of sp³-hybridized carbons (Fsp3) is 0.316. The summed E-state index contributed by atoms with van der Waals surface area (Å²) in [5.74, 6) is 1.53. The number of H-pyrrole nitrogens is 1. The average Bonchev–Trinajstić information content (AvgIpc) is 3.15. The maximum absolute atomic E-state index is 11.9. The number of aryl methyl sites for hydroxylation is 1. The Morgan fingerprint density at radius 3 is 2.80 bits per heavy atom. The van der Waals surface area contributed by atoms with Crippen LogP contribution in [0.25, 0.3) is 5.69 Å². The van der Waals surface area contributed by atoms with E-state index in [-0.39, 0.29) is 5.91 Å². The summed E-state index contributed by atoms with van der Waals surface area (Å²) in [6, 6.07) is 10.2. The third-order valence-electron chi connectivity index (χ3n) is 4.44. The van der Waals surface area contributed by atoms with Gasteiger partial charge < -0.3 is 10.3 Å². The molecule has 4 rings (SSSR count). The van der Waals surface area contributed by atoms with Crippen molar-refractivity contribution in [3.8, 4) is 5.69 Å². The van der Waals surface area contributed by atoms with Gasteiger partial charge in [0.05, 0.1) is 11.4 Å². The van der Waals surface area contributed by atoms with Crippen LogP contribution in [0, 0.1) is 0 Å². The molecule has 1 amide bonds. The Hall–Kier alpha value is -2.89. The minimum atomic E-state index is 0.0293. The van der Waals surface area contributed by atoms with Gasteiger partial charge in [0.2, 0.25) is 5.91 Å². The van der Waals surface area contributed by atoms with Gasteiger partial charge in [0.25, 0.3) is 0 Å². The SMILES string of the molecule is O=C(CCc1ncc[nH]1)NCc1ccc(-n2ccc(C3CC3)n2)cc1. The molecule has 3 aromatic rings. The van der Waals surface area contributed by atoms with E-state index in [2.05, 4.69) is 26.4 Å². The largest absolute Gasteiger partial charge is 0.352 e. The summed E-state index contributed by atoms with van der Waals surface area (Å²) in [4.78, 5) is 19.0. The van der Waals surface area contributed by atoms with Gasteiger partial charge >= 0.3 is 0 Å². The highest BCUT2D eigenvalue weighted by Gasteiger charge is 2.25. The molecule has 0 saturated heterocycles. The lowest BCUT2D eigenvalue weighted by Crippen LogP contribution is -2.23. The second-order valence-corrected chi connectivity index (χ2v) is 6.44. The molecule has 0 aliphatic heterocycles. The van der Waals surface area contributed by atoms with Gasteiger partial charge in [0.1, 0.15) is 5.82 Å². The third kappa shape index (κ3) is 3.96. The molecule has 0 unspecified atom stereocenters. The van der Waals surface area contributed by atoms with Crippen molar-refractivity contribution in [2.45, 2.75) is 38.1 Å². The van der Waals surface area contributed by atoms with Crippen LogP contribution in [0.2, 0.25) is 0 Å². The van der Waals surface area contributed by atoms with Gasteiger partial charge in [-0.25, -0.2) is 9.67 Å². The lowest BCUT2D eigenvalue weighted by molar-refractivity contribution is -0.121. The summed E-state index contributed by atoms with van der Waals surface area (Å²) in [6.07, 6.45) is 9.05. The van der Waals surface area contributed by atoms with E-state index < -0.39 is 0 Å². The number of aromatic nitrogens is 4. The van der Waals surface area contributed by atoms with Gasteiger partial charge in [0, 0.05) is 43.9 Å². The van der Waals surface area contributed by atoms with Gasteiger partial charge in [0.15, 0.2) is 0 Å².